The number of hydrogen-bond acceptors (Lipinski definition) is 7. The minimum atomic E-state index is -0.767. The van der Waals surface area contributed by atoms with Crippen LogP contribution in [0.3, 0.4) is 0 Å². The van der Waals surface area contributed by atoms with E-state index in [0.717, 1.165) is 13.1 Å². The number of aliphatic hydroxyl groups is 1. The fraction of sp³-hybridized carbons (Fsp3) is 0.407. The van der Waals surface area contributed by atoms with Gasteiger partial charge < -0.3 is 29.1 Å². The van der Waals surface area contributed by atoms with Gasteiger partial charge in [0.05, 0.1) is 32.4 Å². The molecule has 188 valence electrons. The lowest BCUT2D eigenvalue weighted by Gasteiger charge is -2.28. The molecule has 1 N–H and O–H groups in total. The zero-order valence-corrected chi connectivity index (χ0v) is 21.0. The lowest BCUT2D eigenvalue weighted by atomic mass is 9.95. The van der Waals surface area contributed by atoms with Crippen LogP contribution in [0.4, 0.5) is 0 Å². The first-order valence-electron chi connectivity index (χ1n) is 11.9. The summed E-state index contributed by atoms with van der Waals surface area (Å²) in [5, 5.41) is 11.2. The fourth-order valence-corrected chi connectivity index (χ4v) is 4.30. The van der Waals surface area contributed by atoms with E-state index in [1.165, 1.54) is 12.0 Å². The van der Waals surface area contributed by atoms with E-state index in [9.17, 15) is 14.7 Å². The van der Waals surface area contributed by atoms with Gasteiger partial charge in [-0.1, -0.05) is 19.9 Å². The molecule has 0 bridgehead atoms. The predicted molar refractivity (Wildman–Crippen MR) is 134 cm³/mol. The minimum Gasteiger partial charge on any atom is -0.507 e. The molecule has 2 aromatic rings. The van der Waals surface area contributed by atoms with E-state index in [1.807, 2.05) is 6.92 Å². The van der Waals surface area contributed by atoms with Gasteiger partial charge in [0.15, 0.2) is 11.5 Å². The lowest BCUT2D eigenvalue weighted by molar-refractivity contribution is -0.140. The Balaban J connectivity index is 2.12. The first-order valence-corrected chi connectivity index (χ1v) is 11.9. The van der Waals surface area contributed by atoms with Gasteiger partial charge in [0.1, 0.15) is 11.5 Å². The zero-order valence-electron chi connectivity index (χ0n) is 21.0. The van der Waals surface area contributed by atoms with Crippen molar-refractivity contribution in [1.29, 1.82) is 0 Å². The maximum absolute atomic E-state index is 13.2. The van der Waals surface area contributed by atoms with Crippen LogP contribution in [0, 0.1) is 0 Å². The van der Waals surface area contributed by atoms with Crippen LogP contribution in [0.15, 0.2) is 48.0 Å². The average Bonchev–Trinajstić information content (AvgIpc) is 3.14. The second-order valence-corrected chi connectivity index (χ2v) is 8.09. The summed E-state index contributed by atoms with van der Waals surface area (Å²) in [4.78, 5) is 30.1. The number of carbonyl (C=O) groups is 2. The molecule has 1 amide bonds. The number of amides is 1. The van der Waals surface area contributed by atoms with Gasteiger partial charge in [-0.3, -0.25) is 9.59 Å². The molecule has 8 nitrogen and oxygen atoms in total. The number of carbonyl (C=O) groups excluding carboxylic acids is 2. The topological polar surface area (TPSA) is 88.5 Å². The molecule has 8 heteroatoms. The molecule has 1 saturated heterocycles. The number of rotatable bonds is 11. The molecule has 0 spiro atoms. The summed E-state index contributed by atoms with van der Waals surface area (Å²) >= 11 is 0. The van der Waals surface area contributed by atoms with Gasteiger partial charge >= 0.3 is 0 Å². The van der Waals surface area contributed by atoms with Crippen LogP contribution < -0.4 is 14.2 Å². The standard InChI is InChI=1S/C27H34N2O6/c1-6-28(7-2)15-16-29-24(19-11-14-21(33-4)22(17-19)34-5)23(26(31)27(29)32)25(30)18-9-12-20(13-10-18)35-8-3/h9-14,17,24,30H,6-8,15-16H2,1-5H3/b25-23-. The second-order valence-electron chi connectivity index (χ2n) is 8.09. The van der Waals surface area contributed by atoms with E-state index in [2.05, 4.69) is 18.7 Å². The Morgan fingerprint density at radius 1 is 0.971 bits per heavy atom. The smallest absolute Gasteiger partial charge is 0.295 e. The lowest BCUT2D eigenvalue weighted by Crippen LogP contribution is -2.38. The first kappa shape index (κ1) is 26.1. The van der Waals surface area contributed by atoms with Crippen molar-refractivity contribution in [3.05, 3.63) is 59.2 Å². The Labute approximate surface area is 206 Å². The van der Waals surface area contributed by atoms with Crippen LogP contribution in [-0.2, 0) is 9.59 Å². The number of likely N-dealkylation sites (tertiary alicyclic amines) is 1. The molecule has 0 saturated carbocycles. The van der Waals surface area contributed by atoms with Crippen molar-refractivity contribution in [2.45, 2.75) is 26.8 Å². The summed E-state index contributed by atoms with van der Waals surface area (Å²) in [6.45, 7) is 9.10. The second kappa shape index (κ2) is 11.8. The van der Waals surface area contributed by atoms with Gasteiger partial charge in [-0.2, -0.15) is 0 Å². The molecular formula is C27H34N2O6. The number of likely N-dealkylation sites (N-methyl/N-ethyl adjacent to an activating group) is 1. The summed E-state index contributed by atoms with van der Waals surface area (Å²) < 4.78 is 16.3. The van der Waals surface area contributed by atoms with Gasteiger partial charge in [0.25, 0.3) is 11.7 Å². The number of nitrogens with zero attached hydrogens (tertiary/aromatic N) is 2. The molecule has 1 atom stereocenters. The van der Waals surface area contributed by atoms with Crippen LogP contribution in [0.5, 0.6) is 17.2 Å². The molecule has 1 fully saturated rings. The van der Waals surface area contributed by atoms with Crippen molar-refractivity contribution >= 4 is 17.4 Å². The Kier molecular flexibility index (Phi) is 8.76. The molecule has 3 rings (SSSR count). The maximum Gasteiger partial charge on any atom is 0.295 e. The molecule has 0 aromatic heterocycles. The molecule has 1 heterocycles. The molecule has 0 aliphatic carbocycles. The van der Waals surface area contributed by atoms with Crippen LogP contribution >= 0.6 is 0 Å². The number of hydrogen-bond donors (Lipinski definition) is 1. The highest BCUT2D eigenvalue weighted by molar-refractivity contribution is 6.46. The number of aliphatic hydroxyl groups excluding tert-OH is 1. The van der Waals surface area contributed by atoms with Crippen LogP contribution in [0.25, 0.3) is 5.76 Å². The van der Waals surface area contributed by atoms with Crippen LogP contribution in [0.2, 0.25) is 0 Å². The molecule has 1 aliphatic heterocycles. The molecule has 35 heavy (non-hydrogen) atoms. The largest absolute Gasteiger partial charge is 0.507 e. The fourth-order valence-electron chi connectivity index (χ4n) is 4.30. The summed E-state index contributed by atoms with van der Waals surface area (Å²) in [5.74, 6) is 0.0834. The minimum absolute atomic E-state index is 0.0472. The Morgan fingerprint density at radius 3 is 2.20 bits per heavy atom. The van der Waals surface area contributed by atoms with Gasteiger partial charge in [-0.25, -0.2) is 0 Å². The maximum atomic E-state index is 13.2. The Morgan fingerprint density at radius 2 is 1.63 bits per heavy atom. The SMILES string of the molecule is CCOc1ccc(/C(O)=C2/C(=O)C(=O)N(CCN(CC)CC)C2c2ccc(OC)c(OC)c2)cc1. The zero-order chi connectivity index (χ0) is 25.5. The molecule has 2 aromatic carbocycles. The summed E-state index contributed by atoms with van der Waals surface area (Å²) in [7, 11) is 3.07. The van der Waals surface area contributed by atoms with Gasteiger partial charge in [-0.15, -0.1) is 0 Å². The quantitative estimate of drug-likeness (QED) is 0.296. The third kappa shape index (κ3) is 5.43. The highest BCUT2D eigenvalue weighted by atomic mass is 16.5. The number of ether oxygens (including phenoxy) is 3. The Hall–Kier alpha value is -3.52. The van der Waals surface area contributed by atoms with Crippen molar-refractivity contribution in [2.24, 2.45) is 0 Å². The molecule has 1 unspecified atom stereocenters. The van der Waals surface area contributed by atoms with Crippen molar-refractivity contribution in [3.8, 4) is 17.2 Å². The van der Waals surface area contributed by atoms with E-state index >= 15 is 0 Å². The van der Waals surface area contributed by atoms with Crippen LogP contribution in [-0.4, -0.2) is 73.6 Å². The first-order chi connectivity index (χ1) is 16.9. The van der Waals surface area contributed by atoms with E-state index in [4.69, 9.17) is 14.2 Å². The highest BCUT2D eigenvalue weighted by Crippen LogP contribution is 2.42. The molecule has 0 radical (unpaired) electrons. The Bertz CT molecular complexity index is 1080. The van der Waals surface area contributed by atoms with Gasteiger partial charge in [-0.05, 0) is 62.0 Å². The van der Waals surface area contributed by atoms with Crippen molar-refractivity contribution in [1.82, 2.24) is 9.80 Å². The third-order valence-electron chi connectivity index (χ3n) is 6.25. The monoisotopic (exact) mass is 482 g/mol. The normalized spacial score (nSPS) is 17.2. The van der Waals surface area contributed by atoms with E-state index < -0.39 is 17.7 Å². The van der Waals surface area contributed by atoms with E-state index in [-0.39, 0.29) is 11.3 Å². The third-order valence-corrected chi connectivity index (χ3v) is 6.25. The van der Waals surface area contributed by atoms with Crippen molar-refractivity contribution < 1.29 is 28.9 Å². The summed E-state index contributed by atoms with van der Waals surface area (Å²) in [5.41, 5.74) is 1.13. The highest BCUT2D eigenvalue weighted by Gasteiger charge is 2.46. The molecular weight excluding hydrogens is 448 g/mol. The van der Waals surface area contributed by atoms with Crippen molar-refractivity contribution in [2.75, 3.05) is 47.0 Å². The van der Waals surface area contributed by atoms with E-state index in [0.29, 0.717) is 48.1 Å². The van der Waals surface area contributed by atoms with Crippen LogP contribution in [0.1, 0.15) is 37.9 Å². The summed E-state index contributed by atoms with van der Waals surface area (Å²) in [6, 6.07) is 11.3. The number of ketones is 1. The van der Waals surface area contributed by atoms with Crippen molar-refractivity contribution in [3.63, 3.8) is 0 Å². The number of methoxy groups -OCH3 is 2. The predicted octanol–water partition coefficient (Wildman–Crippen LogP) is 3.87. The number of benzene rings is 2. The summed E-state index contributed by atoms with van der Waals surface area (Å²) in [6.07, 6.45) is 0. The molecule has 1 aliphatic rings. The van der Waals surface area contributed by atoms with Gasteiger partial charge in [0.2, 0.25) is 0 Å². The average molecular weight is 483 g/mol. The number of Topliss-reactive ketones (excluding diaryl/α,β-unsaturated/α-hetero) is 1. The van der Waals surface area contributed by atoms with Gasteiger partial charge in [0, 0.05) is 18.7 Å². The van der Waals surface area contributed by atoms with E-state index in [1.54, 1.807) is 49.6 Å².